The monoisotopic (exact) mass is 309 g/mol. The van der Waals surface area contributed by atoms with E-state index in [1.54, 1.807) is 0 Å². The summed E-state index contributed by atoms with van der Waals surface area (Å²) in [5.74, 6) is 1.01. The summed E-state index contributed by atoms with van der Waals surface area (Å²) in [5.41, 5.74) is 0. The molecule has 0 spiro atoms. The van der Waals surface area contributed by atoms with Gasteiger partial charge in [-0.15, -0.1) is 0 Å². The maximum atomic E-state index is 4.41. The molecule has 2 fully saturated rings. The lowest BCUT2D eigenvalue weighted by molar-refractivity contribution is 0.0608. The van der Waals surface area contributed by atoms with Crippen molar-refractivity contribution in [2.24, 2.45) is 0 Å². The Hall–Kier alpha value is -0.610. The van der Waals surface area contributed by atoms with Crippen LogP contribution in [0.5, 0.6) is 0 Å². The predicted molar refractivity (Wildman–Crippen MR) is 77.8 cm³/mol. The summed E-state index contributed by atoms with van der Waals surface area (Å²) >= 11 is 3.42. The van der Waals surface area contributed by atoms with E-state index in [0.717, 1.165) is 22.4 Å². The lowest BCUT2D eigenvalue weighted by Crippen LogP contribution is -2.52. The van der Waals surface area contributed by atoms with E-state index in [1.807, 2.05) is 12.3 Å². The molecule has 0 aliphatic carbocycles. The first-order valence-corrected chi connectivity index (χ1v) is 7.61. The lowest BCUT2D eigenvalue weighted by atomic mass is 9.82. The van der Waals surface area contributed by atoms with Crippen LogP contribution in [-0.4, -0.2) is 35.1 Å². The molecule has 18 heavy (non-hydrogen) atoms. The van der Waals surface area contributed by atoms with Crippen LogP contribution in [0.1, 0.15) is 32.1 Å². The molecule has 0 aromatic carbocycles. The van der Waals surface area contributed by atoms with Gasteiger partial charge in [-0.25, -0.2) is 4.98 Å². The number of piperidine rings is 2. The van der Waals surface area contributed by atoms with Crippen LogP contribution in [0.2, 0.25) is 0 Å². The maximum absolute atomic E-state index is 4.41. The van der Waals surface area contributed by atoms with Crippen LogP contribution in [0.4, 0.5) is 5.82 Å². The first-order valence-electron chi connectivity index (χ1n) is 6.82. The van der Waals surface area contributed by atoms with E-state index in [4.69, 9.17) is 0 Å². The Bertz CT molecular complexity index is 392. The van der Waals surface area contributed by atoms with Crippen molar-refractivity contribution in [3.8, 4) is 0 Å². The number of halogens is 1. The number of pyridine rings is 1. The topological polar surface area (TPSA) is 28.2 Å². The zero-order chi connectivity index (χ0) is 12.5. The SMILES string of the molecule is CN1C2CCCC1CC(Nc1ccc(Br)cn1)C2. The Balaban J connectivity index is 1.66. The van der Waals surface area contributed by atoms with E-state index >= 15 is 0 Å². The van der Waals surface area contributed by atoms with Crippen molar-refractivity contribution in [3.05, 3.63) is 22.8 Å². The van der Waals surface area contributed by atoms with Crippen molar-refractivity contribution in [1.82, 2.24) is 9.88 Å². The molecule has 0 saturated carbocycles. The van der Waals surface area contributed by atoms with Crippen molar-refractivity contribution < 1.29 is 0 Å². The second kappa shape index (κ2) is 5.17. The molecule has 1 N–H and O–H groups in total. The third kappa shape index (κ3) is 2.54. The van der Waals surface area contributed by atoms with E-state index < -0.39 is 0 Å². The van der Waals surface area contributed by atoms with E-state index in [1.165, 1.54) is 32.1 Å². The van der Waals surface area contributed by atoms with Crippen molar-refractivity contribution in [2.45, 2.75) is 50.2 Å². The lowest BCUT2D eigenvalue weighted by Gasteiger charge is -2.47. The highest BCUT2D eigenvalue weighted by Crippen LogP contribution is 2.33. The standard InChI is InChI=1S/C14H20BrN3/c1-18-12-3-2-4-13(18)8-11(7-12)17-14-6-5-10(15)9-16-14/h5-6,9,11-13H,2-4,7-8H2,1H3,(H,16,17). The molecule has 2 aliphatic heterocycles. The fourth-order valence-corrected chi connectivity index (χ4v) is 3.64. The molecule has 1 aromatic heterocycles. The Morgan fingerprint density at radius 3 is 2.61 bits per heavy atom. The summed E-state index contributed by atoms with van der Waals surface area (Å²) in [6.45, 7) is 0. The minimum Gasteiger partial charge on any atom is -0.367 e. The largest absolute Gasteiger partial charge is 0.367 e. The zero-order valence-electron chi connectivity index (χ0n) is 10.8. The van der Waals surface area contributed by atoms with Gasteiger partial charge < -0.3 is 10.2 Å². The Morgan fingerprint density at radius 1 is 1.28 bits per heavy atom. The predicted octanol–water partition coefficient (Wildman–Crippen LogP) is 3.27. The molecule has 2 unspecified atom stereocenters. The summed E-state index contributed by atoms with van der Waals surface area (Å²) in [6.07, 6.45) is 8.49. The average Bonchev–Trinajstić information content (AvgIpc) is 2.33. The Kier molecular flexibility index (Phi) is 3.57. The molecule has 2 saturated heterocycles. The summed E-state index contributed by atoms with van der Waals surface area (Å²) in [5, 5.41) is 3.60. The average molecular weight is 310 g/mol. The van der Waals surface area contributed by atoms with Crippen LogP contribution in [0, 0.1) is 0 Å². The van der Waals surface area contributed by atoms with Crippen LogP contribution in [0.25, 0.3) is 0 Å². The summed E-state index contributed by atoms with van der Waals surface area (Å²) in [6, 6.07) is 6.23. The van der Waals surface area contributed by atoms with Crippen molar-refractivity contribution in [3.63, 3.8) is 0 Å². The Morgan fingerprint density at radius 2 is 2.00 bits per heavy atom. The number of anilines is 1. The number of rotatable bonds is 2. The van der Waals surface area contributed by atoms with Gasteiger partial charge in [-0.2, -0.15) is 0 Å². The fraction of sp³-hybridized carbons (Fsp3) is 0.643. The van der Waals surface area contributed by atoms with Gasteiger partial charge in [-0.1, -0.05) is 6.42 Å². The molecule has 3 rings (SSSR count). The minimum absolute atomic E-state index is 0.588. The van der Waals surface area contributed by atoms with E-state index in [9.17, 15) is 0 Å². The number of nitrogens with one attached hydrogen (secondary N) is 1. The first kappa shape index (κ1) is 12.4. The van der Waals surface area contributed by atoms with Gasteiger partial charge in [0.05, 0.1) is 0 Å². The Labute approximate surface area is 117 Å². The molecule has 4 heteroatoms. The smallest absolute Gasteiger partial charge is 0.126 e. The molecule has 0 amide bonds. The zero-order valence-corrected chi connectivity index (χ0v) is 12.4. The van der Waals surface area contributed by atoms with Crippen LogP contribution in [0.15, 0.2) is 22.8 Å². The highest BCUT2D eigenvalue weighted by molar-refractivity contribution is 9.10. The molecule has 2 bridgehead atoms. The molecule has 3 nitrogen and oxygen atoms in total. The van der Waals surface area contributed by atoms with E-state index in [2.05, 4.69) is 44.2 Å². The first-order chi connectivity index (χ1) is 8.72. The molecule has 1 aromatic rings. The molecular formula is C14H20BrN3. The fourth-order valence-electron chi connectivity index (χ4n) is 3.40. The number of hydrogen-bond acceptors (Lipinski definition) is 3. The van der Waals surface area contributed by atoms with Gasteiger partial charge in [-0.3, -0.25) is 0 Å². The van der Waals surface area contributed by atoms with Crippen LogP contribution in [-0.2, 0) is 0 Å². The molecule has 2 aliphatic rings. The third-order valence-electron chi connectivity index (χ3n) is 4.42. The van der Waals surface area contributed by atoms with Gasteiger partial charge in [0, 0.05) is 28.8 Å². The van der Waals surface area contributed by atoms with Gasteiger partial charge in [0.25, 0.3) is 0 Å². The second-order valence-corrected chi connectivity index (χ2v) is 6.49. The molecular weight excluding hydrogens is 290 g/mol. The van der Waals surface area contributed by atoms with Gasteiger partial charge in [-0.05, 0) is 60.8 Å². The number of nitrogens with zero attached hydrogens (tertiary/aromatic N) is 2. The number of aromatic nitrogens is 1. The molecule has 2 atom stereocenters. The van der Waals surface area contributed by atoms with Crippen LogP contribution >= 0.6 is 15.9 Å². The van der Waals surface area contributed by atoms with Crippen molar-refractivity contribution >= 4 is 21.7 Å². The molecule has 0 radical (unpaired) electrons. The van der Waals surface area contributed by atoms with E-state index in [0.29, 0.717) is 6.04 Å². The second-order valence-electron chi connectivity index (χ2n) is 5.58. The van der Waals surface area contributed by atoms with Crippen molar-refractivity contribution in [2.75, 3.05) is 12.4 Å². The van der Waals surface area contributed by atoms with Gasteiger partial charge in [0.15, 0.2) is 0 Å². The molecule has 3 heterocycles. The highest BCUT2D eigenvalue weighted by Gasteiger charge is 2.35. The number of fused-ring (bicyclic) bond motifs is 2. The highest BCUT2D eigenvalue weighted by atomic mass is 79.9. The third-order valence-corrected chi connectivity index (χ3v) is 4.89. The molecule has 98 valence electrons. The van der Waals surface area contributed by atoms with Crippen LogP contribution < -0.4 is 5.32 Å². The summed E-state index contributed by atoms with van der Waals surface area (Å²) in [7, 11) is 2.29. The van der Waals surface area contributed by atoms with Gasteiger partial charge in [0.1, 0.15) is 5.82 Å². The van der Waals surface area contributed by atoms with Gasteiger partial charge in [0.2, 0.25) is 0 Å². The number of hydrogen-bond donors (Lipinski definition) is 1. The normalized spacial score (nSPS) is 32.2. The van der Waals surface area contributed by atoms with Crippen LogP contribution in [0.3, 0.4) is 0 Å². The summed E-state index contributed by atoms with van der Waals surface area (Å²) in [4.78, 5) is 7.01. The quantitative estimate of drug-likeness (QED) is 0.909. The van der Waals surface area contributed by atoms with Crippen molar-refractivity contribution in [1.29, 1.82) is 0 Å². The van der Waals surface area contributed by atoms with Gasteiger partial charge >= 0.3 is 0 Å². The maximum Gasteiger partial charge on any atom is 0.126 e. The van der Waals surface area contributed by atoms with E-state index in [-0.39, 0.29) is 0 Å². The minimum atomic E-state index is 0.588. The summed E-state index contributed by atoms with van der Waals surface area (Å²) < 4.78 is 1.04.